The standard InChI is InChI=1S/C14H8BrCl2F3/c15-7-9-1-3-10(14(18,19)20)6-11(9)8-2-4-12(16)13(17)5-8/h1-6H,7H2. The number of alkyl halides is 4. The van der Waals surface area contributed by atoms with Gasteiger partial charge in [0.2, 0.25) is 0 Å². The Kier molecular flexibility index (Phi) is 4.67. The summed E-state index contributed by atoms with van der Waals surface area (Å²) < 4.78 is 38.4. The molecule has 2 aromatic carbocycles. The maximum absolute atomic E-state index is 12.8. The molecule has 0 saturated heterocycles. The van der Waals surface area contributed by atoms with Gasteiger partial charge in [-0.3, -0.25) is 0 Å². The maximum atomic E-state index is 12.8. The monoisotopic (exact) mass is 382 g/mol. The minimum Gasteiger partial charge on any atom is -0.166 e. The molecule has 0 heterocycles. The van der Waals surface area contributed by atoms with Crippen molar-refractivity contribution in [1.29, 1.82) is 0 Å². The Hall–Kier alpha value is -0.710. The van der Waals surface area contributed by atoms with Crippen LogP contribution in [-0.4, -0.2) is 0 Å². The second kappa shape index (κ2) is 5.96. The van der Waals surface area contributed by atoms with Crippen LogP contribution in [0.2, 0.25) is 10.0 Å². The SMILES string of the molecule is FC(F)(F)c1ccc(CBr)c(-c2ccc(Cl)c(Cl)c2)c1. The first kappa shape index (κ1) is 15.7. The first-order chi connectivity index (χ1) is 9.32. The lowest BCUT2D eigenvalue weighted by molar-refractivity contribution is -0.137. The van der Waals surface area contributed by atoms with Gasteiger partial charge in [-0.05, 0) is 41.0 Å². The van der Waals surface area contributed by atoms with Gasteiger partial charge in [0.1, 0.15) is 0 Å². The smallest absolute Gasteiger partial charge is 0.166 e. The predicted octanol–water partition coefficient (Wildman–Crippen LogP) is 6.57. The molecule has 2 rings (SSSR count). The highest BCUT2D eigenvalue weighted by atomic mass is 79.9. The van der Waals surface area contributed by atoms with Crippen molar-refractivity contribution in [2.24, 2.45) is 0 Å². The maximum Gasteiger partial charge on any atom is 0.416 e. The summed E-state index contributed by atoms with van der Waals surface area (Å²) >= 11 is 15.0. The highest BCUT2D eigenvalue weighted by Crippen LogP contribution is 2.36. The molecule has 0 fully saturated rings. The molecular weight excluding hydrogens is 376 g/mol. The van der Waals surface area contributed by atoms with E-state index in [1.54, 1.807) is 18.2 Å². The molecule has 6 heteroatoms. The Balaban J connectivity index is 2.61. The lowest BCUT2D eigenvalue weighted by Gasteiger charge is -2.13. The normalized spacial score (nSPS) is 11.7. The van der Waals surface area contributed by atoms with Crippen molar-refractivity contribution < 1.29 is 13.2 Å². The van der Waals surface area contributed by atoms with Crippen LogP contribution in [0.25, 0.3) is 11.1 Å². The summed E-state index contributed by atoms with van der Waals surface area (Å²) in [7, 11) is 0. The molecule has 0 amide bonds. The third-order valence-corrected chi connectivity index (χ3v) is 4.15. The molecule has 0 aliphatic rings. The van der Waals surface area contributed by atoms with E-state index in [1.807, 2.05) is 0 Å². The first-order valence-corrected chi connectivity index (χ1v) is 7.42. The second-order valence-corrected chi connectivity index (χ2v) is 5.51. The van der Waals surface area contributed by atoms with Crippen LogP contribution in [-0.2, 0) is 11.5 Å². The summed E-state index contributed by atoms with van der Waals surface area (Å²) in [6, 6.07) is 8.42. The van der Waals surface area contributed by atoms with Crippen LogP contribution in [0.5, 0.6) is 0 Å². The zero-order valence-corrected chi connectivity index (χ0v) is 13.0. The first-order valence-electron chi connectivity index (χ1n) is 5.54. The quantitative estimate of drug-likeness (QED) is 0.514. The Labute approximate surface area is 132 Å². The van der Waals surface area contributed by atoms with Crippen LogP contribution >= 0.6 is 39.1 Å². The molecule has 0 N–H and O–H groups in total. The van der Waals surface area contributed by atoms with Crippen LogP contribution < -0.4 is 0 Å². The third-order valence-electron chi connectivity index (χ3n) is 2.81. The van der Waals surface area contributed by atoms with Gasteiger partial charge in [-0.15, -0.1) is 0 Å². The molecule has 0 unspecified atom stereocenters. The van der Waals surface area contributed by atoms with E-state index in [0.29, 0.717) is 26.5 Å². The van der Waals surface area contributed by atoms with E-state index >= 15 is 0 Å². The second-order valence-electron chi connectivity index (χ2n) is 4.13. The van der Waals surface area contributed by atoms with E-state index < -0.39 is 11.7 Å². The zero-order valence-electron chi connectivity index (χ0n) is 9.94. The van der Waals surface area contributed by atoms with Gasteiger partial charge in [0.15, 0.2) is 0 Å². The van der Waals surface area contributed by atoms with Crippen molar-refractivity contribution in [1.82, 2.24) is 0 Å². The predicted molar refractivity (Wildman–Crippen MR) is 79.5 cm³/mol. The Bertz CT molecular complexity index is 639. The molecule has 106 valence electrons. The van der Waals surface area contributed by atoms with Crippen LogP contribution in [0.1, 0.15) is 11.1 Å². The number of benzene rings is 2. The fraction of sp³-hybridized carbons (Fsp3) is 0.143. The molecule has 0 bridgehead atoms. The Morgan fingerprint density at radius 2 is 1.65 bits per heavy atom. The summed E-state index contributed by atoms with van der Waals surface area (Å²) in [4.78, 5) is 0. The zero-order chi connectivity index (χ0) is 14.9. The van der Waals surface area contributed by atoms with Crippen molar-refractivity contribution in [2.75, 3.05) is 0 Å². The molecule has 0 aromatic heterocycles. The number of halogens is 6. The molecule has 0 spiro atoms. The minimum absolute atomic E-state index is 0.308. The van der Waals surface area contributed by atoms with Gasteiger partial charge in [-0.25, -0.2) is 0 Å². The molecule has 2 aromatic rings. The lowest BCUT2D eigenvalue weighted by atomic mass is 9.98. The average Bonchev–Trinajstić information content (AvgIpc) is 2.40. The molecule has 0 aliphatic carbocycles. The molecular formula is C14H8BrCl2F3. The Morgan fingerprint density at radius 1 is 0.950 bits per heavy atom. The topological polar surface area (TPSA) is 0 Å². The van der Waals surface area contributed by atoms with Crippen molar-refractivity contribution >= 4 is 39.1 Å². The van der Waals surface area contributed by atoms with E-state index in [0.717, 1.165) is 17.7 Å². The fourth-order valence-electron chi connectivity index (χ4n) is 1.80. The highest BCUT2D eigenvalue weighted by Gasteiger charge is 2.31. The van der Waals surface area contributed by atoms with Gasteiger partial charge < -0.3 is 0 Å². The Morgan fingerprint density at radius 3 is 2.20 bits per heavy atom. The van der Waals surface area contributed by atoms with Gasteiger partial charge >= 0.3 is 6.18 Å². The summed E-state index contributed by atoms with van der Waals surface area (Å²) in [6.45, 7) is 0. The van der Waals surface area contributed by atoms with E-state index in [2.05, 4.69) is 15.9 Å². The van der Waals surface area contributed by atoms with Gasteiger partial charge in [-0.1, -0.05) is 51.3 Å². The van der Waals surface area contributed by atoms with Crippen LogP contribution in [0, 0.1) is 0 Å². The third kappa shape index (κ3) is 3.30. The van der Waals surface area contributed by atoms with Crippen LogP contribution in [0.15, 0.2) is 36.4 Å². The van der Waals surface area contributed by atoms with Gasteiger partial charge in [0, 0.05) is 5.33 Å². The molecule has 20 heavy (non-hydrogen) atoms. The molecule has 0 atom stereocenters. The highest BCUT2D eigenvalue weighted by molar-refractivity contribution is 9.08. The molecule has 0 aliphatic heterocycles. The number of rotatable bonds is 2. The summed E-state index contributed by atoms with van der Waals surface area (Å²) in [5, 5.41) is 1.12. The molecule has 0 nitrogen and oxygen atoms in total. The van der Waals surface area contributed by atoms with E-state index in [1.165, 1.54) is 6.07 Å². The van der Waals surface area contributed by atoms with E-state index in [9.17, 15) is 13.2 Å². The van der Waals surface area contributed by atoms with Crippen LogP contribution in [0.3, 0.4) is 0 Å². The molecule has 0 saturated carbocycles. The number of hydrogen-bond donors (Lipinski definition) is 0. The number of hydrogen-bond acceptors (Lipinski definition) is 0. The van der Waals surface area contributed by atoms with Crippen molar-refractivity contribution in [2.45, 2.75) is 11.5 Å². The summed E-state index contributed by atoms with van der Waals surface area (Å²) in [5.74, 6) is 0. The van der Waals surface area contributed by atoms with Gasteiger partial charge in [-0.2, -0.15) is 13.2 Å². The summed E-state index contributed by atoms with van der Waals surface area (Å²) in [5.41, 5.74) is 1.13. The lowest BCUT2D eigenvalue weighted by Crippen LogP contribution is -2.05. The molecule has 0 radical (unpaired) electrons. The largest absolute Gasteiger partial charge is 0.416 e. The van der Waals surface area contributed by atoms with Gasteiger partial charge in [0.05, 0.1) is 15.6 Å². The minimum atomic E-state index is -4.38. The van der Waals surface area contributed by atoms with Gasteiger partial charge in [0.25, 0.3) is 0 Å². The van der Waals surface area contributed by atoms with Crippen molar-refractivity contribution in [3.63, 3.8) is 0 Å². The average molecular weight is 384 g/mol. The fourth-order valence-corrected chi connectivity index (χ4v) is 2.59. The van der Waals surface area contributed by atoms with E-state index in [-0.39, 0.29) is 0 Å². The van der Waals surface area contributed by atoms with Crippen molar-refractivity contribution in [3.8, 4) is 11.1 Å². The van der Waals surface area contributed by atoms with Crippen LogP contribution in [0.4, 0.5) is 13.2 Å². The van der Waals surface area contributed by atoms with Crippen molar-refractivity contribution in [3.05, 3.63) is 57.6 Å². The summed E-state index contributed by atoms with van der Waals surface area (Å²) in [6.07, 6.45) is -4.38. The van der Waals surface area contributed by atoms with E-state index in [4.69, 9.17) is 23.2 Å².